The van der Waals surface area contributed by atoms with Gasteiger partial charge in [-0.2, -0.15) is 0 Å². The lowest BCUT2D eigenvalue weighted by Gasteiger charge is -2.27. The number of aromatic nitrogens is 2. The lowest BCUT2D eigenvalue weighted by atomic mass is 9.92. The van der Waals surface area contributed by atoms with Gasteiger partial charge < -0.3 is 25.4 Å². The molecule has 1 fully saturated rings. The molecular formula is C22H30FN5O5. The number of benzene rings is 1. The zero-order chi connectivity index (χ0) is 24.3. The van der Waals surface area contributed by atoms with Crippen molar-refractivity contribution < 1.29 is 28.2 Å². The number of nitrogens with two attached hydrogens (primary N) is 1. The number of methoxy groups -OCH3 is 1. The first-order valence-corrected chi connectivity index (χ1v) is 10.7. The van der Waals surface area contributed by atoms with E-state index in [0.29, 0.717) is 17.4 Å². The van der Waals surface area contributed by atoms with E-state index < -0.39 is 36.2 Å². The molecule has 1 aromatic heterocycles. The van der Waals surface area contributed by atoms with Crippen LogP contribution in [0.3, 0.4) is 0 Å². The van der Waals surface area contributed by atoms with E-state index in [1.165, 1.54) is 16.7 Å². The van der Waals surface area contributed by atoms with Gasteiger partial charge in [0.1, 0.15) is 24.9 Å². The number of carbonyl (C=O) groups is 3. The minimum Gasteiger partial charge on any atom is -0.389 e. The number of hydrogen-bond acceptors (Lipinski definition) is 6. The highest BCUT2D eigenvalue weighted by Gasteiger charge is 2.48. The lowest BCUT2D eigenvalue weighted by Crippen LogP contribution is -2.52. The van der Waals surface area contributed by atoms with Gasteiger partial charge in [0.2, 0.25) is 11.8 Å². The van der Waals surface area contributed by atoms with Crippen molar-refractivity contribution >= 4 is 28.8 Å². The molecule has 10 nitrogen and oxygen atoms in total. The van der Waals surface area contributed by atoms with Gasteiger partial charge in [-0.15, -0.1) is 5.10 Å². The van der Waals surface area contributed by atoms with E-state index in [2.05, 4.69) is 10.4 Å². The predicted molar refractivity (Wildman–Crippen MR) is 118 cm³/mol. The number of rotatable bonds is 7. The Hall–Kier alpha value is -3.21. The molecule has 0 spiro atoms. The molecule has 1 aliphatic rings. The van der Waals surface area contributed by atoms with Crippen molar-refractivity contribution in [2.45, 2.75) is 52.1 Å². The maximum atomic E-state index is 14.7. The summed E-state index contributed by atoms with van der Waals surface area (Å²) in [6, 6.07) is 5.71. The van der Waals surface area contributed by atoms with E-state index in [-0.39, 0.29) is 24.4 Å². The normalized spacial score (nSPS) is 20.8. The van der Waals surface area contributed by atoms with E-state index >= 15 is 0 Å². The highest BCUT2D eigenvalue weighted by atomic mass is 19.1. The molecule has 0 aliphatic carbocycles. The molecule has 0 unspecified atom stereocenters. The molecule has 33 heavy (non-hydrogen) atoms. The van der Waals surface area contributed by atoms with Crippen molar-refractivity contribution in [2.75, 3.05) is 20.2 Å². The highest BCUT2D eigenvalue weighted by molar-refractivity contribution is 5.91. The number of amides is 3. The van der Waals surface area contributed by atoms with E-state index in [4.69, 9.17) is 15.2 Å². The first-order valence-electron chi connectivity index (χ1n) is 10.7. The third kappa shape index (κ3) is 5.59. The molecule has 180 valence electrons. The molecule has 2 aromatic rings. The van der Waals surface area contributed by atoms with Gasteiger partial charge in [0.15, 0.2) is 0 Å². The molecular weight excluding hydrogens is 433 g/mol. The third-order valence-electron chi connectivity index (χ3n) is 5.52. The van der Waals surface area contributed by atoms with E-state index in [9.17, 15) is 18.8 Å². The molecule has 2 heterocycles. The molecule has 0 bridgehead atoms. The molecule has 1 aliphatic heterocycles. The average molecular weight is 464 g/mol. The number of nitrogens with zero attached hydrogens (tertiary/aromatic N) is 3. The molecule has 0 radical (unpaired) electrons. The quantitative estimate of drug-likeness (QED) is 0.642. The molecule has 0 saturated carbocycles. The Kier molecular flexibility index (Phi) is 7.21. The molecule has 3 rings (SSSR count). The summed E-state index contributed by atoms with van der Waals surface area (Å²) < 4.78 is 26.2. The monoisotopic (exact) mass is 463 g/mol. The summed E-state index contributed by atoms with van der Waals surface area (Å²) in [6.07, 6.45) is -2.91. The van der Waals surface area contributed by atoms with Crippen molar-refractivity contribution in [1.29, 1.82) is 0 Å². The number of likely N-dealkylation sites (tertiary alicyclic amines) is 1. The van der Waals surface area contributed by atoms with Crippen molar-refractivity contribution in [2.24, 2.45) is 11.1 Å². The Morgan fingerprint density at radius 3 is 2.61 bits per heavy atom. The summed E-state index contributed by atoms with van der Waals surface area (Å²) in [7, 11) is 1.31. The van der Waals surface area contributed by atoms with Gasteiger partial charge >= 0.3 is 6.09 Å². The van der Waals surface area contributed by atoms with Gasteiger partial charge in [0, 0.05) is 13.7 Å². The fourth-order valence-electron chi connectivity index (χ4n) is 3.88. The highest BCUT2D eigenvalue weighted by Crippen LogP contribution is 2.27. The Morgan fingerprint density at radius 1 is 1.27 bits per heavy atom. The van der Waals surface area contributed by atoms with E-state index in [1.54, 1.807) is 24.3 Å². The molecule has 1 aromatic carbocycles. The van der Waals surface area contributed by atoms with Gasteiger partial charge in [-0.3, -0.25) is 14.3 Å². The zero-order valence-electron chi connectivity index (χ0n) is 19.2. The van der Waals surface area contributed by atoms with Crippen LogP contribution in [0.15, 0.2) is 24.3 Å². The van der Waals surface area contributed by atoms with Crippen LogP contribution in [-0.2, 0) is 20.9 Å². The van der Waals surface area contributed by atoms with Crippen molar-refractivity contribution in [3.63, 3.8) is 0 Å². The summed E-state index contributed by atoms with van der Waals surface area (Å²) in [6.45, 7) is 5.96. The van der Waals surface area contributed by atoms with Crippen LogP contribution in [0.1, 0.15) is 27.2 Å². The number of ether oxygens (including phenoxy) is 2. The number of alkyl halides is 1. The Bertz CT molecular complexity index is 1030. The van der Waals surface area contributed by atoms with Crippen LogP contribution in [-0.4, -0.2) is 71.1 Å². The number of halogens is 1. The van der Waals surface area contributed by atoms with Crippen LogP contribution in [0.5, 0.6) is 5.88 Å². The van der Waals surface area contributed by atoms with Crippen molar-refractivity contribution in [1.82, 2.24) is 20.0 Å². The largest absolute Gasteiger partial charge is 0.411 e. The number of fused-ring (bicyclic) bond motifs is 1. The fourth-order valence-corrected chi connectivity index (χ4v) is 3.88. The second-order valence-electron chi connectivity index (χ2n) is 9.21. The number of para-hydroxylation sites is 1. The van der Waals surface area contributed by atoms with Crippen molar-refractivity contribution in [3.8, 4) is 5.88 Å². The summed E-state index contributed by atoms with van der Waals surface area (Å²) in [5, 5.41) is 7.45. The topological polar surface area (TPSA) is 129 Å². The molecule has 3 amide bonds. The van der Waals surface area contributed by atoms with Gasteiger partial charge in [-0.05, 0) is 24.0 Å². The van der Waals surface area contributed by atoms with E-state index in [1.807, 2.05) is 20.8 Å². The van der Waals surface area contributed by atoms with Crippen LogP contribution in [0, 0.1) is 5.41 Å². The molecule has 1 saturated heterocycles. The van der Waals surface area contributed by atoms with Crippen LogP contribution in [0.4, 0.5) is 9.18 Å². The number of nitrogens with one attached hydrogen (secondary N) is 1. The lowest BCUT2D eigenvalue weighted by molar-refractivity contribution is -0.141. The minimum atomic E-state index is -1.51. The average Bonchev–Trinajstić information content (AvgIpc) is 3.24. The summed E-state index contributed by atoms with van der Waals surface area (Å²) >= 11 is 0. The number of carbonyl (C=O) groups excluding carboxylic acids is 3. The second kappa shape index (κ2) is 9.74. The molecule has 11 heteroatoms. The van der Waals surface area contributed by atoms with Crippen LogP contribution < -0.4 is 15.8 Å². The standard InChI is InChI=1S/C22H30FN5O5/c1-22(2,3)9-10-25-19(30)17-18(32-4)14(23)11-27(17)16(29)12-28-15-8-6-5-7-13(15)20(26-28)33-21(24)31/h5-8,14,17-18H,9-12H2,1-4H3,(H2,24,31)(H,25,30)/t14-,17-,18+/m0/s1. The summed E-state index contributed by atoms with van der Waals surface area (Å²) in [5.41, 5.74) is 5.63. The SMILES string of the molecule is CO[C@H]1[C@@H](C(=O)NCCC(C)(C)C)N(C(=O)Cn2nc(OC(N)=O)c3ccccc32)C[C@@H]1F. The second-order valence-corrected chi connectivity index (χ2v) is 9.21. The molecule has 3 atom stereocenters. The number of hydrogen-bond donors (Lipinski definition) is 2. The Morgan fingerprint density at radius 2 is 1.97 bits per heavy atom. The van der Waals surface area contributed by atoms with Crippen LogP contribution in [0.2, 0.25) is 0 Å². The van der Waals surface area contributed by atoms with Gasteiger partial charge in [0.25, 0.3) is 5.88 Å². The predicted octanol–water partition coefficient (Wildman–Crippen LogP) is 1.61. The van der Waals surface area contributed by atoms with Crippen LogP contribution in [0.25, 0.3) is 10.9 Å². The van der Waals surface area contributed by atoms with Crippen molar-refractivity contribution in [3.05, 3.63) is 24.3 Å². The van der Waals surface area contributed by atoms with Gasteiger partial charge in [0.05, 0.1) is 17.4 Å². The maximum absolute atomic E-state index is 14.7. The van der Waals surface area contributed by atoms with E-state index in [0.717, 1.165) is 6.42 Å². The fraction of sp³-hybridized carbons (Fsp3) is 0.545. The first kappa shape index (κ1) is 24.4. The van der Waals surface area contributed by atoms with Crippen LogP contribution >= 0.6 is 0 Å². The third-order valence-corrected chi connectivity index (χ3v) is 5.52. The van der Waals surface area contributed by atoms with Gasteiger partial charge in [-0.1, -0.05) is 32.9 Å². The maximum Gasteiger partial charge on any atom is 0.411 e. The molecule has 3 N–H and O–H groups in total. The summed E-state index contributed by atoms with van der Waals surface area (Å²) in [5.74, 6) is -1.03. The zero-order valence-corrected chi connectivity index (χ0v) is 19.2. The Labute approximate surface area is 191 Å². The smallest absolute Gasteiger partial charge is 0.389 e. The Balaban J connectivity index is 1.81. The minimum absolute atomic E-state index is 0.00752. The summed E-state index contributed by atoms with van der Waals surface area (Å²) in [4.78, 5) is 38.5. The number of primary amides is 1. The van der Waals surface area contributed by atoms with Gasteiger partial charge in [-0.25, -0.2) is 9.18 Å². The first-order chi connectivity index (χ1) is 15.5.